The molecule has 0 aliphatic carbocycles. The van der Waals surface area contributed by atoms with E-state index in [1.54, 1.807) is 31.4 Å². The summed E-state index contributed by atoms with van der Waals surface area (Å²) in [6.07, 6.45) is -1.29. The predicted octanol–water partition coefficient (Wildman–Crippen LogP) is 5.28. The van der Waals surface area contributed by atoms with Gasteiger partial charge in [-0.1, -0.05) is 65.7 Å². The zero-order chi connectivity index (χ0) is 26.6. The van der Waals surface area contributed by atoms with Crippen molar-refractivity contribution in [2.45, 2.75) is 45.4 Å². The van der Waals surface area contributed by atoms with Crippen LogP contribution in [0.3, 0.4) is 0 Å². The van der Waals surface area contributed by atoms with Crippen LogP contribution >= 0.6 is 0 Å². The molecule has 3 aromatic rings. The average Bonchev–Trinajstić information content (AvgIpc) is 3.31. The molecule has 4 rings (SSSR count). The van der Waals surface area contributed by atoms with Crippen molar-refractivity contribution in [2.24, 2.45) is 0 Å². The van der Waals surface area contributed by atoms with Crippen LogP contribution in [0.2, 0.25) is 0 Å². The van der Waals surface area contributed by atoms with Crippen molar-refractivity contribution < 1.29 is 33.3 Å². The van der Waals surface area contributed by atoms with E-state index in [0.29, 0.717) is 24.2 Å². The van der Waals surface area contributed by atoms with Crippen LogP contribution in [0, 0.1) is 13.8 Å². The molecule has 3 atom stereocenters. The van der Waals surface area contributed by atoms with Crippen molar-refractivity contribution in [3.63, 3.8) is 0 Å². The maximum atomic E-state index is 12.4. The molecule has 37 heavy (non-hydrogen) atoms. The van der Waals surface area contributed by atoms with Crippen molar-refractivity contribution in [3.05, 3.63) is 107 Å². The van der Waals surface area contributed by atoms with Gasteiger partial charge >= 0.3 is 11.9 Å². The van der Waals surface area contributed by atoms with Gasteiger partial charge in [-0.25, -0.2) is 9.59 Å². The quantitative estimate of drug-likeness (QED) is 0.385. The second kappa shape index (κ2) is 14.3. The van der Waals surface area contributed by atoms with E-state index in [2.05, 4.69) is 0 Å². The molecule has 3 unspecified atom stereocenters. The van der Waals surface area contributed by atoms with Gasteiger partial charge in [0.15, 0.2) is 6.29 Å². The van der Waals surface area contributed by atoms with Crippen molar-refractivity contribution in [3.8, 4) is 0 Å². The van der Waals surface area contributed by atoms with Crippen LogP contribution in [0.15, 0.2) is 78.9 Å². The molecule has 196 valence electrons. The number of hydrogen-bond acceptors (Lipinski definition) is 7. The van der Waals surface area contributed by atoms with Crippen LogP contribution in [0.25, 0.3) is 0 Å². The van der Waals surface area contributed by atoms with Gasteiger partial charge < -0.3 is 23.7 Å². The topological polar surface area (TPSA) is 80.3 Å². The fraction of sp³-hybridized carbons (Fsp3) is 0.333. The lowest BCUT2D eigenvalue weighted by molar-refractivity contribution is -0.128. The third-order valence-corrected chi connectivity index (χ3v) is 5.79. The fourth-order valence-electron chi connectivity index (χ4n) is 3.67. The highest BCUT2D eigenvalue weighted by Crippen LogP contribution is 2.25. The van der Waals surface area contributed by atoms with Crippen LogP contribution < -0.4 is 0 Å². The molecular weight excluding hydrogens is 472 g/mol. The number of hydrogen-bond donors (Lipinski definition) is 0. The number of aryl methyl sites for hydroxylation is 2. The van der Waals surface area contributed by atoms with E-state index >= 15 is 0 Å². The maximum absolute atomic E-state index is 12.4. The molecule has 0 aromatic heterocycles. The lowest BCUT2D eigenvalue weighted by Crippen LogP contribution is -2.32. The lowest BCUT2D eigenvalue weighted by Gasteiger charge is -2.19. The Morgan fingerprint density at radius 3 is 1.92 bits per heavy atom. The molecule has 0 saturated carbocycles. The SMILES string of the molecule is COC1CC(OC(=O)c2ccc(C)cc2)C(COC(=O)c2ccc(C)cc2)O1.COCc1ccccc1. The van der Waals surface area contributed by atoms with Gasteiger partial charge in [-0.05, 0) is 43.7 Å². The minimum absolute atomic E-state index is 0.0294. The minimum atomic E-state index is -0.589. The number of methoxy groups -OCH3 is 2. The lowest BCUT2D eigenvalue weighted by atomic mass is 10.1. The highest BCUT2D eigenvalue weighted by molar-refractivity contribution is 5.90. The number of rotatable bonds is 8. The van der Waals surface area contributed by atoms with Crippen molar-refractivity contribution in [1.82, 2.24) is 0 Å². The summed E-state index contributed by atoms with van der Waals surface area (Å²) in [6, 6.07) is 24.3. The van der Waals surface area contributed by atoms with E-state index in [-0.39, 0.29) is 6.61 Å². The van der Waals surface area contributed by atoms with E-state index in [1.807, 2.05) is 68.4 Å². The van der Waals surface area contributed by atoms with Gasteiger partial charge in [0, 0.05) is 20.6 Å². The normalized spacial score (nSPS) is 18.4. The largest absolute Gasteiger partial charge is 0.459 e. The van der Waals surface area contributed by atoms with Gasteiger partial charge in [0.05, 0.1) is 17.7 Å². The Morgan fingerprint density at radius 2 is 1.38 bits per heavy atom. The maximum Gasteiger partial charge on any atom is 0.338 e. The fourth-order valence-corrected chi connectivity index (χ4v) is 3.67. The minimum Gasteiger partial charge on any atom is -0.459 e. The Morgan fingerprint density at radius 1 is 0.811 bits per heavy atom. The Kier molecular flexibility index (Phi) is 10.8. The summed E-state index contributed by atoms with van der Waals surface area (Å²) in [5.74, 6) is -0.895. The van der Waals surface area contributed by atoms with E-state index in [4.69, 9.17) is 23.7 Å². The highest BCUT2D eigenvalue weighted by Gasteiger charge is 2.39. The molecule has 7 nitrogen and oxygen atoms in total. The summed E-state index contributed by atoms with van der Waals surface area (Å²) in [5, 5.41) is 0. The molecule has 3 aromatic carbocycles. The third-order valence-electron chi connectivity index (χ3n) is 5.79. The zero-order valence-electron chi connectivity index (χ0n) is 21.7. The molecular formula is C30H34O7. The smallest absolute Gasteiger partial charge is 0.338 e. The van der Waals surface area contributed by atoms with Crippen LogP contribution in [0.1, 0.15) is 43.8 Å². The Bertz CT molecular complexity index is 1110. The number of carbonyl (C=O) groups excluding carboxylic acids is 2. The third kappa shape index (κ3) is 8.82. The van der Waals surface area contributed by atoms with Crippen LogP contribution in [-0.2, 0) is 30.3 Å². The number of carbonyl (C=O) groups is 2. The molecule has 0 spiro atoms. The van der Waals surface area contributed by atoms with E-state index < -0.39 is 30.4 Å². The summed E-state index contributed by atoms with van der Waals surface area (Å²) < 4.78 is 26.8. The summed E-state index contributed by atoms with van der Waals surface area (Å²) in [5.41, 5.74) is 4.25. The van der Waals surface area contributed by atoms with Crippen LogP contribution in [0.4, 0.5) is 0 Å². The van der Waals surface area contributed by atoms with Crippen molar-refractivity contribution in [2.75, 3.05) is 20.8 Å². The first-order valence-corrected chi connectivity index (χ1v) is 12.1. The molecule has 1 aliphatic heterocycles. The van der Waals surface area contributed by atoms with Gasteiger partial charge in [-0.2, -0.15) is 0 Å². The van der Waals surface area contributed by atoms with Crippen molar-refractivity contribution >= 4 is 11.9 Å². The Hall–Kier alpha value is -3.52. The first kappa shape index (κ1) is 28.1. The zero-order valence-corrected chi connectivity index (χ0v) is 21.7. The molecule has 7 heteroatoms. The first-order chi connectivity index (χ1) is 17.9. The van der Waals surface area contributed by atoms with E-state index in [0.717, 1.165) is 11.1 Å². The highest BCUT2D eigenvalue weighted by atomic mass is 16.7. The average molecular weight is 507 g/mol. The first-order valence-electron chi connectivity index (χ1n) is 12.1. The van der Waals surface area contributed by atoms with Crippen LogP contribution in [0.5, 0.6) is 0 Å². The Balaban J connectivity index is 0.000000356. The van der Waals surface area contributed by atoms with Gasteiger partial charge in [0.2, 0.25) is 0 Å². The molecule has 0 amide bonds. The van der Waals surface area contributed by atoms with Gasteiger partial charge in [-0.15, -0.1) is 0 Å². The molecule has 1 fully saturated rings. The second-order valence-corrected chi connectivity index (χ2v) is 8.77. The Labute approximate surface area is 218 Å². The molecule has 1 heterocycles. The molecule has 1 aliphatic rings. The van der Waals surface area contributed by atoms with Crippen LogP contribution in [-0.4, -0.2) is 51.3 Å². The van der Waals surface area contributed by atoms with Gasteiger partial charge in [0.1, 0.15) is 18.8 Å². The van der Waals surface area contributed by atoms with E-state index in [1.165, 1.54) is 12.7 Å². The van der Waals surface area contributed by atoms with Crippen molar-refractivity contribution in [1.29, 1.82) is 0 Å². The number of ether oxygens (including phenoxy) is 5. The molecule has 0 N–H and O–H groups in total. The summed E-state index contributed by atoms with van der Waals surface area (Å²) >= 11 is 0. The monoisotopic (exact) mass is 506 g/mol. The number of benzene rings is 3. The summed E-state index contributed by atoms with van der Waals surface area (Å²) in [7, 11) is 3.22. The number of esters is 2. The summed E-state index contributed by atoms with van der Waals surface area (Å²) in [6.45, 7) is 4.57. The summed E-state index contributed by atoms with van der Waals surface area (Å²) in [4.78, 5) is 24.6. The molecule has 0 radical (unpaired) electrons. The molecule has 1 saturated heterocycles. The standard InChI is InChI=1S/C22H24O6.C8H10O/c1-14-4-8-16(9-5-14)21(23)26-13-19-18(12-20(25-3)27-19)28-22(24)17-10-6-15(2)7-11-17;1-9-7-8-5-3-2-4-6-8/h4-11,18-20H,12-13H2,1-3H3;2-6H,7H2,1H3. The van der Waals surface area contributed by atoms with Gasteiger partial charge in [0.25, 0.3) is 0 Å². The molecule has 0 bridgehead atoms. The van der Waals surface area contributed by atoms with E-state index in [9.17, 15) is 9.59 Å². The second-order valence-electron chi connectivity index (χ2n) is 8.77. The van der Waals surface area contributed by atoms with Gasteiger partial charge in [-0.3, -0.25) is 0 Å². The predicted molar refractivity (Wildman–Crippen MR) is 139 cm³/mol.